The zero-order chi connectivity index (χ0) is 15.0. The monoisotopic (exact) mass is 292 g/mol. The van der Waals surface area contributed by atoms with E-state index in [1.54, 1.807) is 10.8 Å². The summed E-state index contributed by atoms with van der Waals surface area (Å²) in [5, 5.41) is 0. The number of aromatic nitrogens is 2. The van der Waals surface area contributed by atoms with Gasteiger partial charge in [0.25, 0.3) is 5.91 Å². The van der Waals surface area contributed by atoms with E-state index in [1.165, 1.54) is 0 Å². The molecule has 2 atom stereocenters. The fourth-order valence-electron chi connectivity index (χ4n) is 3.44. The number of amides is 1. The van der Waals surface area contributed by atoms with Gasteiger partial charge in [0.2, 0.25) is 0 Å². The lowest BCUT2D eigenvalue weighted by molar-refractivity contribution is -0.107. The molecule has 0 N–H and O–H groups in total. The van der Waals surface area contributed by atoms with E-state index in [1.807, 2.05) is 18.1 Å². The van der Waals surface area contributed by atoms with Crippen molar-refractivity contribution in [1.82, 2.24) is 19.4 Å². The summed E-state index contributed by atoms with van der Waals surface area (Å²) >= 11 is 0. The summed E-state index contributed by atoms with van der Waals surface area (Å²) in [6.45, 7) is 7.65. The molecule has 0 spiro atoms. The highest BCUT2D eigenvalue weighted by Crippen LogP contribution is 2.25. The number of likely N-dealkylation sites (tertiary alicyclic amines) is 1. The Labute approximate surface area is 125 Å². The van der Waals surface area contributed by atoms with Gasteiger partial charge in [-0.2, -0.15) is 0 Å². The number of hydrogen-bond acceptors (Lipinski definition) is 4. The smallest absolute Gasteiger partial charge is 0.289 e. The molecule has 6 nitrogen and oxygen atoms in total. The van der Waals surface area contributed by atoms with Crippen molar-refractivity contribution < 1.29 is 9.53 Å². The molecular formula is C15H24N4O2. The van der Waals surface area contributed by atoms with Crippen LogP contribution in [-0.2, 0) is 11.8 Å². The first-order chi connectivity index (χ1) is 10.1. The van der Waals surface area contributed by atoms with Crippen LogP contribution in [0.5, 0.6) is 0 Å². The van der Waals surface area contributed by atoms with Gasteiger partial charge in [-0.3, -0.25) is 9.69 Å². The first-order valence-corrected chi connectivity index (χ1v) is 7.72. The fraction of sp³-hybridized carbons (Fsp3) is 0.733. The third-order valence-corrected chi connectivity index (χ3v) is 4.59. The fourth-order valence-corrected chi connectivity index (χ4v) is 3.44. The third kappa shape index (κ3) is 2.70. The van der Waals surface area contributed by atoms with Crippen molar-refractivity contribution in [3.05, 3.63) is 18.2 Å². The summed E-state index contributed by atoms with van der Waals surface area (Å²) in [6.07, 6.45) is 4.64. The number of imidazole rings is 1. The highest BCUT2D eigenvalue weighted by molar-refractivity contribution is 5.90. The number of hydrogen-bond donors (Lipinski definition) is 0. The second kappa shape index (κ2) is 5.77. The Morgan fingerprint density at radius 2 is 2.24 bits per heavy atom. The molecule has 1 aromatic rings. The van der Waals surface area contributed by atoms with E-state index in [2.05, 4.69) is 23.7 Å². The lowest BCUT2D eigenvalue weighted by Crippen LogP contribution is -2.62. The maximum absolute atomic E-state index is 12.6. The minimum absolute atomic E-state index is 0.0234. The van der Waals surface area contributed by atoms with Crippen LogP contribution in [-0.4, -0.2) is 69.7 Å². The number of aryl methyl sites for hydroxylation is 1. The van der Waals surface area contributed by atoms with Crippen LogP contribution in [0.3, 0.4) is 0 Å². The molecule has 116 valence electrons. The number of nitrogens with zero attached hydrogens (tertiary/aromatic N) is 4. The van der Waals surface area contributed by atoms with Gasteiger partial charge in [-0.25, -0.2) is 4.98 Å². The number of fused-ring (bicyclic) bond motifs is 1. The zero-order valence-corrected chi connectivity index (χ0v) is 13.0. The van der Waals surface area contributed by atoms with Crippen molar-refractivity contribution >= 4 is 5.91 Å². The molecule has 0 aromatic carbocycles. The molecule has 0 saturated carbocycles. The van der Waals surface area contributed by atoms with Crippen LogP contribution in [0, 0.1) is 0 Å². The topological polar surface area (TPSA) is 50.6 Å². The highest BCUT2D eigenvalue weighted by atomic mass is 16.5. The number of piperidine rings is 1. The summed E-state index contributed by atoms with van der Waals surface area (Å²) in [5.74, 6) is 0.538. The first kappa shape index (κ1) is 14.5. The lowest BCUT2D eigenvalue weighted by Gasteiger charge is -2.48. The van der Waals surface area contributed by atoms with Gasteiger partial charge in [0.05, 0.1) is 18.8 Å². The highest BCUT2D eigenvalue weighted by Gasteiger charge is 2.39. The zero-order valence-electron chi connectivity index (χ0n) is 13.0. The average Bonchev–Trinajstić information content (AvgIpc) is 2.91. The van der Waals surface area contributed by atoms with Gasteiger partial charge >= 0.3 is 0 Å². The minimum atomic E-state index is 0.0234. The largest absolute Gasteiger partial charge is 0.375 e. The van der Waals surface area contributed by atoms with Crippen molar-refractivity contribution in [3.63, 3.8) is 0 Å². The van der Waals surface area contributed by atoms with Gasteiger partial charge in [-0.05, 0) is 20.3 Å². The molecule has 2 aliphatic heterocycles. The molecule has 2 aliphatic rings. The summed E-state index contributed by atoms with van der Waals surface area (Å²) in [6, 6.07) is 0.779. The van der Waals surface area contributed by atoms with E-state index in [4.69, 9.17) is 4.74 Å². The molecule has 0 aliphatic carbocycles. The molecular weight excluding hydrogens is 268 g/mol. The Bertz CT molecular complexity index is 514. The molecule has 0 bridgehead atoms. The van der Waals surface area contributed by atoms with Gasteiger partial charge in [0, 0.05) is 45.1 Å². The summed E-state index contributed by atoms with van der Waals surface area (Å²) in [7, 11) is 1.86. The van der Waals surface area contributed by atoms with Gasteiger partial charge in [0.15, 0.2) is 5.82 Å². The maximum Gasteiger partial charge on any atom is 0.289 e. The Hall–Kier alpha value is -1.40. The molecule has 0 unspecified atom stereocenters. The van der Waals surface area contributed by atoms with E-state index in [-0.39, 0.29) is 12.0 Å². The van der Waals surface area contributed by atoms with Crippen LogP contribution in [0.15, 0.2) is 12.4 Å². The van der Waals surface area contributed by atoms with E-state index in [9.17, 15) is 4.79 Å². The summed E-state index contributed by atoms with van der Waals surface area (Å²) < 4.78 is 7.69. The number of carbonyl (C=O) groups excluding carboxylic acids is 1. The van der Waals surface area contributed by atoms with Crippen molar-refractivity contribution in [2.24, 2.45) is 7.05 Å². The maximum atomic E-state index is 12.6. The van der Waals surface area contributed by atoms with Crippen molar-refractivity contribution in [1.29, 1.82) is 0 Å². The van der Waals surface area contributed by atoms with E-state index >= 15 is 0 Å². The van der Waals surface area contributed by atoms with Crippen LogP contribution in [0.25, 0.3) is 0 Å². The predicted octanol–water partition coefficient (Wildman–Crippen LogP) is 0.744. The van der Waals surface area contributed by atoms with Crippen LogP contribution in [0.4, 0.5) is 0 Å². The molecule has 2 saturated heterocycles. The van der Waals surface area contributed by atoms with Gasteiger partial charge in [0.1, 0.15) is 0 Å². The van der Waals surface area contributed by atoms with E-state index in [0.717, 1.165) is 32.7 Å². The lowest BCUT2D eigenvalue weighted by atomic mass is 9.97. The molecule has 3 rings (SSSR count). The number of carbonyl (C=O) groups is 1. The molecule has 21 heavy (non-hydrogen) atoms. The third-order valence-electron chi connectivity index (χ3n) is 4.59. The standard InChI is InChI=1S/C15H24N4O2/c1-11(2)19-8-9-21-13-4-6-18(10-12(13)19)15(20)14-16-5-7-17(14)3/h5,7,11-13H,4,6,8-10H2,1-3H3/t12-,13-/m0/s1. The normalized spacial score (nSPS) is 27.0. The van der Waals surface area contributed by atoms with E-state index in [0.29, 0.717) is 17.9 Å². The predicted molar refractivity (Wildman–Crippen MR) is 79.1 cm³/mol. The molecule has 3 heterocycles. The molecule has 1 amide bonds. The Morgan fingerprint density at radius 3 is 2.90 bits per heavy atom. The van der Waals surface area contributed by atoms with Crippen LogP contribution in [0.2, 0.25) is 0 Å². The summed E-state index contributed by atoms with van der Waals surface area (Å²) in [5.41, 5.74) is 0. The molecule has 6 heteroatoms. The van der Waals surface area contributed by atoms with Crippen LogP contribution in [0.1, 0.15) is 30.9 Å². The summed E-state index contributed by atoms with van der Waals surface area (Å²) in [4.78, 5) is 21.2. The molecule has 2 fully saturated rings. The first-order valence-electron chi connectivity index (χ1n) is 7.72. The van der Waals surface area contributed by atoms with Gasteiger partial charge in [-0.15, -0.1) is 0 Å². The SMILES string of the molecule is CC(C)N1CCO[C@H]2CCN(C(=O)c3nccn3C)C[C@@H]21. The van der Waals surface area contributed by atoms with Crippen molar-refractivity contribution in [2.45, 2.75) is 38.5 Å². The average molecular weight is 292 g/mol. The Morgan fingerprint density at radius 1 is 1.43 bits per heavy atom. The van der Waals surface area contributed by atoms with Crippen LogP contribution >= 0.6 is 0 Å². The van der Waals surface area contributed by atoms with Crippen molar-refractivity contribution in [2.75, 3.05) is 26.2 Å². The second-order valence-electron chi connectivity index (χ2n) is 6.21. The Balaban J connectivity index is 1.75. The quantitative estimate of drug-likeness (QED) is 0.807. The van der Waals surface area contributed by atoms with Gasteiger partial charge in [-0.1, -0.05) is 0 Å². The van der Waals surface area contributed by atoms with E-state index < -0.39 is 0 Å². The second-order valence-corrected chi connectivity index (χ2v) is 6.21. The number of rotatable bonds is 2. The minimum Gasteiger partial charge on any atom is -0.375 e. The van der Waals surface area contributed by atoms with Crippen LogP contribution < -0.4 is 0 Å². The van der Waals surface area contributed by atoms with Crippen molar-refractivity contribution in [3.8, 4) is 0 Å². The Kier molecular flexibility index (Phi) is 3.99. The van der Waals surface area contributed by atoms with Gasteiger partial charge < -0.3 is 14.2 Å². The number of ether oxygens (including phenoxy) is 1. The molecule has 1 aromatic heterocycles. The number of morpholine rings is 1. The molecule has 0 radical (unpaired) electrons.